The Morgan fingerprint density at radius 2 is 1.81 bits per heavy atom. The summed E-state index contributed by atoms with van der Waals surface area (Å²) in [6.45, 7) is 0. The second-order valence-corrected chi connectivity index (χ2v) is 5.43. The minimum atomic E-state index is 0.0338. The highest BCUT2D eigenvalue weighted by Gasteiger charge is 2.23. The van der Waals surface area contributed by atoms with Crippen molar-refractivity contribution in [2.75, 3.05) is 0 Å². The Morgan fingerprint density at radius 3 is 2.50 bits per heavy atom. The zero-order valence-electron chi connectivity index (χ0n) is 9.26. The first kappa shape index (κ1) is 12.2. The third kappa shape index (κ3) is 2.71. The van der Waals surface area contributed by atoms with Crippen LogP contribution in [0.4, 0.5) is 0 Å². The first-order valence-corrected chi connectivity index (χ1v) is 6.64. The summed E-state index contributed by atoms with van der Waals surface area (Å²) in [6.07, 6.45) is 6.34. The van der Waals surface area contributed by atoms with Gasteiger partial charge in [0, 0.05) is 16.1 Å². The van der Waals surface area contributed by atoms with E-state index in [0.717, 1.165) is 10.6 Å². The molecule has 0 aliphatic heterocycles. The van der Waals surface area contributed by atoms with Crippen LogP contribution in [0.15, 0.2) is 18.2 Å². The van der Waals surface area contributed by atoms with E-state index < -0.39 is 0 Å². The van der Waals surface area contributed by atoms with Gasteiger partial charge in [0.15, 0.2) is 0 Å². The smallest absolute Gasteiger partial charge is 0.0454 e. The molecule has 1 fully saturated rings. The molecule has 0 bridgehead atoms. The number of nitrogens with two attached hydrogens (primary N) is 1. The number of halogens is 2. The molecule has 1 aliphatic carbocycles. The highest BCUT2D eigenvalue weighted by molar-refractivity contribution is 6.33. The molecule has 1 aromatic rings. The molecule has 2 N–H and O–H groups in total. The monoisotopic (exact) mass is 257 g/mol. The Kier molecular flexibility index (Phi) is 4.12. The molecule has 0 amide bonds. The zero-order valence-corrected chi connectivity index (χ0v) is 10.8. The molecule has 0 spiro atoms. The molecule has 1 saturated carbocycles. The van der Waals surface area contributed by atoms with E-state index in [-0.39, 0.29) is 6.04 Å². The van der Waals surface area contributed by atoms with E-state index in [4.69, 9.17) is 28.9 Å². The van der Waals surface area contributed by atoms with Crippen molar-refractivity contribution in [3.8, 4) is 0 Å². The van der Waals surface area contributed by atoms with Gasteiger partial charge < -0.3 is 5.73 Å². The van der Waals surface area contributed by atoms with Crippen LogP contribution >= 0.6 is 23.2 Å². The molecule has 1 aliphatic rings. The third-order valence-corrected chi connectivity index (χ3v) is 4.05. The predicted octanol–water partition coefficient (Wildman–Crippen LogP) is 4.57. The average Bonchev–Trinajstić information content (AvgIpc) is 2.32. The molecule has 1 atom stereocenters. The van der Waals surface area contributed by atoms with Crippen molar-refractivity contribution in [3.63, 3.8) is 0 Å². The van der Waals surface area contributed by atoms with E-state index in [9.17, 15) is 0 Å². The minimum Gasteiger partial charge on any atom is -0.324 e. The molecule has 0 heterocycles. The number of hydrogen-bond donors (Lipinski definition) is 1. The molecule has 1 nitrogen and oxygen atoms in total. The van der Waals surface area contributed by atoms with Gasteiger partial charge in [-0.2, -0.15) is 0 Å². The van der Waals surface area contributed by atoms with Crippen LogP contribution < -0.4 is 5.73 Å². The molecule has 88 valence electrons. The molecule has 0 saturated heterocycles. The van der Waals surface area contributed by atoms with Crippen LogP contribution in [0.3, 0.4) is 0 Å². The van der Waals surface area contributed by atoms with Gasteiger partial charge >= 0.3 is 0 Å². The van der Waals surface area contributed by atoms with Gasteiger partial charge in [0.1, 0.15) is 0 Å². The fourth-order valence-corrected chi connectivity index (χ4v) is 2.94. The maximum atomic E-state index is 6.30. The van der Waals surface area contributed by atoms with E-state index in [1.807, 2.05) is 12.1 Å². The molecule has 1 unspecified atom stereocenters. The summed E-state index contributed by atoms with van der Waals surface area (Å²) in [4.78, 5) is 0. The van der Waals surface area contributed by atoms with Gasteiger partial charge in [0.05, 0.1) is 0 Å². The summed E-state index contributed by atoms with van der Waals surface area (Å²) < 4.78 is 0. The Balaban J connectivity index is 2.18. The summed E-state index contributed by atoms with van der Waals surface area (Å²) in [5.74, 6) is 0.560. The van der Waals surface area contributed by atoms with Gasteiger partial charge in [0.2, 0.25) is 0 Å². The van der Waals surface area contributed by atoms with Gasteiger partial charge in [-0.1, -0.05) is 42.5 Å². The second-order valence-electron chi connectivity index (χ2n) is 4.59. The Labute approximate surface area is 107 Å². The first-order chi connectivity index (χ1) is 7.68. The molecule has 3 heteroatoms. The van der Waals surface area contributed by atoms with E-state index in [0.29, 0.717) is 10.9 Å². The standard InChI is InChI=1S/C13H17Cl2N/c14-10-6-7-12(15)11(8-10)13(16)9-4-2-1-3-5-9/h6-9,13H,1-5,16H2. The molecule has 0 aromatic heterocycles. The fourth-order valence-electron chi connectivity index (χ4n) is 2.52. The van der Waals surface area contributed by atoms with Gasteiger partial charge in [-0.25, -0.2) is 0 Å². The van der Waals surface area contributed by atoms with Crippen LogP contribution in [-0.4, -0.2) is 0 Å². The molecule has 2 rings (SSSR count). The largest absolute Gasteiger partial charge is 0.324 e. The lowest BCUT2D eigenvalue weighted by molar-refractivity contribution is 0.308. The first-order valence-electron chi connectivity index (χ1n) is 5.89. The van der Waals surface area contributed by atoms with Gasteiger partial charge in [0.25, 0.3) is 0 Å². The second kappa shape index (κ2) is 5.39. The lowest BCUT2D eigenvalue weighted by atomic mass is 9.81. The number of rotatable bonds is 2. The van der Waals surface area contributed by atoms with E-state index in [2.05, 4.69) is 0 Å². The van der Waals surface area contributed by atoms with Crippen molar-refractivity contribution in [2.24, 2.45) is 11.7 Å². The Bertz CT molecular complexity index is 359. The Morgan fingerprint density at radius 1 is 1.12 bits per heavy atom. The number of benzene rings is 1. The predicted molar refractivity (Wildman–Crippen MR) is 70.0 cm³/mol. The van der Waals surface area contributed by atoms with Crippen molar-refractivity contribution < 1.29 is 0 Å². The van der Waals surface area contributed by atoms with E-state index in [1.54, 1.807) is 6.07 Å². The van der Waals surface area contributed by atoms with E-state index in [1.165, 1.54) is 32.1 Å². The van der Waals surface area contributed by atoms with Crippen molar-refractivity contribution in [3.05, 3.63) is 33.8 Å². The van der Waals surface area contributed by atoms with Crippen LogP contribution in [0, 0.1) is 5.92 Å². The van der Waals surface area contributed by atoms with Crippen LogP contribution in [0.25, 0.3) is 0 Å². The van der Waals surface area contributed by atoms with Gasteiger partial charge in [-0.15, -0.1) is 0 Å². The SMILES string of the molecule is NC(c1cc(Cl)ccc1Cl)C1CCCCC1. The summed E-state index contributed by atoms with van der Waals surface area (Å²) in [6, 6.07) is 5.58. The van der Waals surface area contributed by atoms with Crippen molar-refractivity contribution in [1.29, 1.82) is 0 Å². The lowest BCUT2D eigenvalue weighted by Crippen LogP contribution is -2.23. The van der Waals surface area contributed by atoms with Gasteiger partial charge in [-0.3, -0.25) is 0 Å². The summed E-state index contributed by atoms with van der Waals surface area (Å²) in [5, 5.41) is 1.45. The fraction of sp³-hybridized carbons (Fsp3) is 0.538. The van der Waals surface area contributed by atoms with Crippen LogP contribution in [0.2, 0.25) is 10.0 Å². The zero-order chi connectivity index (χ0) is 11.5. The molecular weight excluding hydrogens is 241 g/mol. The quantitative estimate of drug-likeness (QED) is 0.825. The minimum absolute atomic E-state index is 0.0338. The molecule has 16 heavy (non-hydrogen) atoms. The van der Waals surface area contributed by atoms with Crippen molar-refractivity contribution >= 4 is 23.2 Å². The maximum Gasteiger partial charge on any atom is 0.0454 e. The summed E-state index contributed by atoms with van der Waals surface area (Å²) >= 11 is 12.2. The van der Waals surface area contributed by atoms with E-state index >= 15 is 0 Å². The molecule has 1 aromatic carbocycles. The third-order valence-electron chi connectivity index (χ3n) is 3.47. The van der Waals surface area contributed by atoms with Crippen LogP contribution in [0.5, 0.6) is 0 Å². The molecule has 0 radical (unpaired) electrons. The number of hydrogen-bond acceptors (Lipinski definition) is 1. The summed E-state index contributed by atoms with van der Waals surface area (Å²) in [7, 11) is 0. The normalized spacial score (nSPS) is 19.7. The lowest BCUT2D eigenvalue weighted by Gasteiger charge is -2.28. The summed E-state index contributed by atoms with van der Waals surface area (Å²) in [5.41, 5.74) is 7.30. The average molecular weight is 258 g/mol. The highest BCUT2D eigenvalue weighted by atomic mass is 35.5. The Hall–Kier alpha value is -0.240. The maximum absolute atomic E-state index is 6.30. The van der Waals surface area contributed by atoms with Crippen molar-refractivity contribution in [2.45, 2.75) is 38.1 Å². The highest BCUT2D eigenvalue weighted by Crippen LogP contribution is 2.36. The van der Waals surface area contributed by atoms with Crippen LogP contribution in [-0.2, 0) is 0 Å². The van der Waals surface area contributed by atoms with Crippen molar-refractivity contribution in [1.82, 2.24) is 0 Å². The van der Waals surface area contributed by atoms with Crippen LogP contribution in [0.1, 0.15) is 43.7 Å². The topological polar surface area (TPSA) is 26.0 Å². The molecular formula is C13H17Cl2N. The van der Waals surface area contributed by atoms with Gasteiger partial charge in [-0.05, 0) is 42.5 Å².